The summed E-state index contributed by atoms with van der Waals surface area (Å²) in [6, 6.07) is 6.78. The number of ether oxygens (including phenoxy) is 1. The molecule has 2 rings (SSSR count). The fraction of sp³-hybridized carbons (Fsp3) is 0.600. The van der Waals surface area contributed by atoms with Gasteiger partial charge in [0.15, 0.2) is 0 Å². The molecular formula is C15H23BrN2O. The van der Waals surface area contributed by atoms with E-state index >= 15 is 0 Å². The number of nitrogens with two attached hydrogens (primary N) is 1. The van der Waals surface area contributed by atoms with Gasteiger partial charge in [-0.3, -0.25) is 4.90 Å². The molecule has 0 aliphatic carbocycles. The molecule has 2 N–H and O–H groups in total. The van der Waals surface area contributed by atoms with E-state index in [1.807, 2.05) is 0 Å². The third kappa shape index (κ3) is 3.57. The fourth-order valence-electron chi connectivity index (χ4n) is 2.84. The summed E-state index contributed by atoms with van der Waals surface area (Å²) in [7, 11) is 0. The van der Waals surface area contributed by atoms with Gasteiger partial charge in [-0.2, -0.15) is 0 Å². The van der Waals surface area contributed by atoms with Crippen LogP contribution < -0.4 is 5.73 Å². The van der Waals surface area contributed by atoms with Crippen LogP contribution in [0.4, 0.5) is 0 Å². The zero-order valence-corrected chi connectivity index (χ0v) is 13.5. The lowest BCUT2D eigenvalue weighted by Crippen LogP contribution is -2.48. The van der Waals surface area contributed by atoms with Crippen LogP contribution in [0.2, 0.25) is 0 Å². The molecule has 3 unspecified atom stereocenters. The van der Waals surface area contributed by atoms with E-state index in [9.17, 15) is 0 Å². The number of morpholine rings is 1. The van der Waals surface area contributed by atoms with Crippen LogP contribution in [0.5, 0.6) is 0 Å². The Morgan fingerprint density at radius 3 is 2.53 bits per heavy atom. The third-order valence-electron chi connectivity index (χ3n) is 3.68. The Hall–Kier alpha value is -0.420. The Morgan fingerprint density at radius 2 is 2.00 bits per heavy atom. The van der Waals surface area contributed by atoms with Gasteiger partial charge in [-0.05, 0) is 38.0 Å². The van der Waals surface area contributed by atoms with Crippen LogP contribution in [0.15, 0.2) is 22.7 Å². The number of nitrogens with zero attached hydrogens (tertiary/aromatic N) is 1. The number of hydrogen-bond donors (Lipinski definition) is 1. The predicted molar refractivity (Wildman–Crippen MR) is 82.3 cm³/mol. The molecule has 1 aliphatic rings. The van der Waals surface area contributed by atoms with Crippen LogP contribution in [-0.2, 0) is 4.74 Å². The molecule has 0 radical (unpaired) electrons. The molecule has 1 aliphatic heterocycles. The Kier molecular flexibility index (Phi) is 5.01. The number of aryl methyl sites for hydroxylation is 1. The van der Waals surface area contributed by atoms with Gasteiger partial charge in [0.2, 0.25) is 0 Å². The maximum absolute atomic E-state index is 6.02. The molecule has 1 heterocycles. The number of benzene rings is 1. The molecule has 0 bridgehead atoms. The Morgan fingerprint density at radius 1 is 1.37 bits per heavy atom. The second-order valence-corrected chi connectivity index (χ2v) is 6.33. The van der Waals surface area contributed by atoms with E-state index in [-0.39, 0.29) is 18.2 Å². The van der Waals surface area contributed by atoms with Crippen molar-refractivity contribution in [2.24, 2.45) is 5.73 Å². The zero-order valence-electron chi connectivity index (χ0n) is 11.9. The summed E-state index contributed by atoms with van der Waals surface area (Å²) < 4.78 is 6.95. The van der Waals surface area contributed by atoms with E-state index in [0.717, 1.165) is 17.6 Å². The van der Waals surface area contributed by atoms with Gasteiger partial charge < -0.3 is 10.5 Å². The molecule has 4 heteroatoms. The van der Waals surface area contributed by atoms with Crippen LogP contribution >= 0.6 is 15.9 Å². The van der Waals surface area contributed by atoms with Crippen molar-refractivity contribution in [1.29, 1.82) is 0 Å². The first-order valence-electron chi connectivity index (χ1n) is 6.87. The summed E-state index contributed by atoms with van der Waals surface area (Å²) in [5, 5.41) is 0. The second-order valence-electron chi connectivity index (χ2n) is 5.47. The van der Waals surface area contributed by atoms with Crippen LogP contribution in [0.3, 0.4) is 0 Å². The quantitative estimate of drug-likeness (QED) is 0.928. The first-order valence-corrected chi connectivity index (χ1v) is 7.66. The molecule has 1 aromatic rings. The van der Waals surface area contributed by atoms with Gasteiger partial charge in [0.05, 0.1) is 12.2 Å². The largest absolute Gasteiger partial charge is 0.373 e. The predicted octanol–water partition coefficient (Wildman–Crippen LogP) is 2.87. The van der Waals surface area contributed by atoms with E-state index in [0.29, 0.717) is 6.54 Å². The van der Waals surface area contributed by atoms with Gasteiger partial charge in [-0.1, -0.05) is 28.1 Å². The van der Waals surface area contributed by atoms with Crippen molar-refractivity contribution in [3.8, 4) is 0 Å². The summed E-state index contributed by atoms with van der Waals surface area (Å²) >= 11 is 3.55. The summed E-state index contributed by atoms with van der Waals surface area (Å²) in [5.74, 6) is 0. The third-order valence-corrected chi connectivity index (χ3v) is 4.57. The highest BCUT2D eigenvalue weighted by molar-refractivity contribution is 9.10. The number of rotatable bonds is 3. The van der Waals surface area contributed by atoms with Crippen molar-refractivity contribution in [3.05, 3.63) is 33.8 Å². The van der Waals surface area contributed by atoms with E-state index in [4.69, 9.17) is 10.5 Å². The molecule has 19 heavy (non-hydrogen) atoms. The highest BCUT2D eigenvalue weighted by Gasteiger charge is 2.28. The molecule has 0 amide bonds. The van der Waals surface area contributed by atoms with Gasteiger partial charge >= 0.3 is 0 Å². The normalized spacial score (nSPS) is 26.4. The molecule has 3 atom stereocenters. The highest BCUT2D eigenvalue weighted by atomic mass is 79.9. The molecule has 3 nitrogen and oxygen atoms in total. The van der Waals surface area contributed by atoms with Gasteiger partial charge in [-0.25, -0.2) is 0 Å². The monoisotopic (exact) mass is 326 g/mol. The van der Waals surface area contributed by atoms with E-state index in [2.05, 4.69) is 59.8 Å². The smallest absolute Gasteiger partial charge is 0.0678 e. The van der Waals surface area contributed by atoms with E-state index < -0.39 is 0 Å². The minimum absolute atomic E-state index is 0.273. The average Bonchev–Trinajstić information content (AvgIpc) is 2.33. The molecule has 106 valence electrons. The maximum Gasteiger partial charge on any atom is 0.0678 e. The molecule has 0 saturated carbocycles. The van der Waals surface area contributed by atoms with Gasteiger partial charge in [0.25, 0.3) is 0 Å². The summed E-state index contributed by atoms with van der Waals surface area (Å²) in [5.41, 5.74) is 8.57. The summed E-state index contributed by atoms with van der Waals surface area (Å²) in [4.78, 5) is 2.45. The van der Waals surface area contributed by atoms with Crippen LogP contribution in [-0.4, -0.2) is 36.7 Å². The Labute approximate surface area is 124 Å². The first-order chi connectivity index (χ1) is 9.01. The maximum atomic E-state index is 6.02. The molecule has 1 fully saturated rings. The van der Waals surface area contributed by atoms with E-state index in [1.54, 1.807) is 0 Å². The average molecular weight is 327 g/mol. The molecule has 0 aromatic heterocycles. The zero-order chi connectivity index (χ0) is 14.0. The van der Waals surface area contributed by atoms with E-state index in [1.165, 1.54) is 11.1 Å². The Balaban J connectivity index is 2.21. The van der Waals surface area contributed by atoms with Gasteiger partial charge in [0, 0.05) is 30.1 Å². The molecule has 1 aromatic carbocycles. The Bertz CT molecular complexity index is 428. The molecule has 0 spiro atoms. The SMILES string of the molecule is Cc1cc(C(CN)N2CC(C)OC(C)C2)ccc1Br. The van der Waals surface area contributed by atoms with Crippen molar-refractivity contribution < 1.29 is 4.74 Å². The minimum atomic E-state index is 0.273. The lowest BCUT2D eigenvalue weighted by molar-refractivity contribution is -0.0799. The molecular weight excluding hydrogens is 304 g/mol. The summed E-state index contributed by atoms with van der Waals surface area (Å²) in [6.07, 6.45) is 0.545. The number of halogens is 1. The van der Waals surface area contributed by atoms with Crippen LogP contribution in [0, 0.1) is 6.92 Å². The van der Waals surface area contributed by atoms with Crippen molar-refractivity contribution in [1.82, 2.24) is 4.90 Å². The summed E-state index contributed by atoms with van der Waals surface area (Å²) in [6.45, 7) is 8.90. The van der Waals surface area contributed by atoms with Crippen molar-refractivity contribution in [3.63, 3.8) is 0 Å². The van der Waals surface area contributed by atoms with Crippen LogP contribution in [0.1, 0.15) is 31.0 Å². The van der Waals surface area contributed by atoms with Gasteiger partial charge in [0.1, 0.15) is 0 Å². The lowest BCUT2D eigenvalue weighted by atomic mass is 10.0. The van der Waals surface area contributed by atoms with Crippen molar-refractivity contribution >= 4 is 15.9 Å². The first kappa shape index (κ1) is 15.0. The van der Waals surface area contributed by atoms with Gasteiger partial charge in [-0.15, -0.1) is 0 Å². The number of hydrogen-bond acceptors (Lipinski definition) is 3. The van der Waals surface area contributed by atoms with Crippen molar-refractivity contribution in [2.45, 2.75) is 39.0 Å². The highest BCUT2D eigenvalue weighted by Crippen LogP contribution is 2.27. The molecule has 1 saturated heterocycles. The second kappa shape index (κ2) is 6.35. The minimum Gasteiger partial charge on any atom is -0.373 e. The fourth-order valence-corrected chi connectivity index (χ4v) is 3.09. The van der Waals surface area contributed by atoms with Crippen LogP contribution in [0.25, 0.3) is 0 Å². The lowest BCUT2D eigenvalue weighted by Gasteiger charge is -2.40. The topological polar surface area (TPSA) is 38.5 Å². The van der Waals surface area contributed by atoms with Crippen molar-refractivity contribution in [2.75, 3.05) is 19.6 Å². The standard InChI is InChI=1S/C15H23BrN2O/c1-10-6-13(4-5-14(10)16)15(7-17)18-8-11(2)19-12(3)9-18/h4-6,11-12,15H,7-9,17H2,1-3H3.